The van der Waals surface area contributed by atoms with Crippen LogP contribution in [-0.2, 0) is 4.79 Å². The minimum Gasteiger partial charge on any atom is -0.493 e. The van der Waals surface area contributed by atoms with Crippen LogP contribution in [0.2, 0.25) is 0 Å². The zero-order chi connectivity index (χ0) is 26.7. The first-order chi connectivity index (χ1) is 18.6. The van der Waals surface area contributed by atoms with Gasteiger partial charge >= 0.3 is 0 Å². The highest BCUT2D eigenvalue weighted by atomic mass is 32.2. The molecule has 0 atom stereocenters. The Labute approximate surface area is 226 Å². The monoisotopic (exact) mass is 535 g/mol. The maximum atomic E-state index is 12.9. The van der Waals surface area contributed by atoms with E-state index in [-0.39, 0.29) is 24.3 Å². The van der Waals surface area contributed by atoms with E-state index in [4.69, 9.17) is 23.7 Å². The molecule has 0 radical (unpaired) electrons. The van der Waals surface area contributed by atoms with Crippen molar-refractivity contribution in [1.29, 1.82) is 0 Å². The summed E-state index contributed by atoms with van der Waals surface area (Å²) >= 11 is 0.898. The molecule has 1 saturated heterocycles. The van der Waals surface area contributed by atoms with Gasteiger partial charge in [-0.25, -0.2) is 0 Å². The molecule has 0 aliphatic carbocycles. The van der Waals surface area contributed by atoms with E-state index in [9.17, 15) is 9.59 Å². The molecule has 4 rings (SSSR count). The minimum atomic E-state index is -0.361. The summed E-state index contributed by atoms with van der Waals surface area (Å²) in [6.45, 7) is 3.33. The van der Waals surface area contributed by atoms with Gasteiger partial charge in [-0.15, -0.1) is 0 Å². The van der Waals surface area contributed by atoms with E-state index in [1.807, 2.05) is 55.5 Å². The molecule has 198 valence electrons. The van der Waals surface area contributed by atoms with Crippen LogP contribution in [0.4, 0.5) is 4.79 Å². The summed E-state index contributed by atoms with van der Waals surface area (Å²) < 4.78 is 28.3. The van der Waals surface area contributed by atoms with Crippen molar-refractivity contribution < 1.29 is 33.3 Å². The average molecular weight is 536 g/mol. The van der Waals surface area contributed by atoms with E-state index in [0.29, 0.717) is 47.7 Å². The number of carbonyl (C=O) groups is 2. The molecule has 1 heterocycles. The van der Waals surface area contributed by atoms with Crippen LogP contribution in [0.15, 0.2) is 77.7 Å². The van der Waals surface area contributed by atoms with Gasteiger partial charge in [0.15, 0.2) is 23.0 Å². The fourth-order valence-electron chi connectivity index (χ4n) is 3.66. The molecule has 0 N–H and O–H groups in total. The number of amides is 2. The van der Waals surface area contributed by atoms with Crippen LogP contribution in [-0.4, -0.2) is 56.1 Å². The van der Waals surface area contributed by atoms with Crippen molar-refractivity contribution in [3.05, 3.63) is 83.3 Å². The molecule has 0 spiro atoms. The fourth-order valence-corrected chi connectivity index (χ4v) is 4.52. The standard InChI is InChI=1S/C29H29NO7S/c1-3-34-26-19-21(13-14-25(26)37-18-17-35-22-9-5-4-6-10-22)20-27-28(31)30(29(32)38-27)15-16-36-24-12-8-7-11-23(24)33-2/h4-14,19-20H,3,15-18H2,1-2H3/b27-20-. The summed E-state index contributed by atoms with van der Waals surface area (Å²) in [6.07, 6.45) is 1.68. The van der Waals surface area contributed by atoms with Crippen LogP contribution >= 0.6 is 11.8 Å². The Kier molecular flexibility index (Phi) is 9.53. The molecule has 1 fully saturated rings. The van der Waals surface area contributed by atoms with Crippen molar-refractivity contribution in [2.75, 3.05) is 40.1 Å². The molecular formula is C29H29NO7S. The Morgan fingerprint density at radius 1 is 0.763 bits per heavy atom. The van der Waals surface area contributed by atoms with E-state index in [1.54, 1.807) is 37.5 Å². The third-order valence-corrected chi connectivity index (χ3v) is 6.34. The first-order valence-electron chi connectivity index (χ1n) is 12.2. The molecule has 0 saturated carbocycles. The molecule has 1 aliphatic heterocycles. The normalized spacial score (nSPS) is 14.1. The lowest BCUT2D eigenvalue weighted by molar-refractivity contribution is -0.123. The molecule has 0 unspecified atom stereocenters. The zero-order valence-electron chi connectivity index (χ0n) is 21.3. The second-order valence-electron chi connectivity index (χ2n) is 7.98. The number of rotatable bonds is 13. The van der Waals surface area contributed by atoms with Crippen LogP contribution in [0.1, 0.15) is 12.5 Å². The number of hydrogen-bond acceptors (Lipinski definition) is 8. The Morgan fingerprint density at radius 3 is 2.21 bits per heavy atom. The van der Waals surface area contributed by atoms with Crippen molar-refractivity contribution >= 4 is 29.0 Å². The van der Waals surface area contributed by atoms with Crippen molar-refractivity contribution in [1.82, 2.24) is 4.90 Å². The Balaban J connectivity index is 1.35. The van der Waals surface area contributed by atoms with Gasteiger partial charge in [-0.2, -0.15) is 0 Å². The molecule has 3 aromatic carbocycles. The van der Waals surface area contributed by atoms with Gasteiger partial charge in [0.05, 0.1) is 25.2 Å². The summed E-state index contributed by atoms with van der Waals surface area (Å²) in [4.78, 5) is 26.9. The Morgan fingerprint density at radius 2 is 1.45 bits per heavy atom. The molecule has 38 heavy (non-hydrogen) atoms. The van der Waals surface area contributed by atoms with Crippen LogP contribution in [0.3, 0.4) is 0 Å². The van der Waals surface area contributed by atoms with Gasteiger partial charge < -0.3 is 23.7 Å². The highest BCUT2D eigenvalue weighted by Crippen LogP contribution is 2.35. The third kappa shape index (κ3) is 7.01. The summed E-state index contributed by atoms with van der Waals surface area (Å²) in [6, 6.07) is 22.1. The van der Waals surface area contributed by atoms with Gasteiger partial charge in [-0.3, -0.25) is 14.5 Å². The molecule has 2 amide bonds. The lowest BCUT2D eigenvalue weighted by Gasteiger charge is -2.14. The van der Waals surface area contributed by atoms with E-state index < -0.39 is 0 Å². The van der Waals surface area contributed by atoms with Crippen LogP contribution in [0.25, 0.3) is 6.08 Å². The summed E-state index contributed by atoms with van der Waals surface area (Å²) in [5.41, 5.74) is 0.720. The van der Waals surface area contributed by atoms with Gasteiger partial charge in [-0.05, 0) is 66.7 Å². The number of imide groups is 1. The Hall–Kier alpha value is -4.11. The number of hydrogen-bond donors (Lipinski definition) is 0. The Bertz CT molecular complexity index is 1280. The van der Waals surface area contributed by atoms with Gasteiger partial charge in [0.1, 0.15) is 25.6 Å². The minimum absolute atomic E-state index is 0.127. The van der Waals surface area contributed by atoms with Gasteiger partial charge in [0.25, 0.3) is 11.1 Å². The van der Waals surface area contributed by atoms with Gasteiger partial charge in [0.2, 0.25) is 0 Å². The van der Waals surface area contributed by atoms with Crippen molar-refractivity contribution in [2.45, 2.75) is 6.92 Å². The topological polar surface area (TPSA) is 83.5 Å². The van der Waals surface area contributed by atoms with Crippen molar-refractivity contribution in [3.63, 3.8) is 0 Å². The van der Waals surface area contributed by atoms with E-state index in [0.717, 1.165) is 23.1 Å². The highest BCUT2D eigenvalue weighted by molar-refractivity contribution is 8.18. The molecular weight excluding hydrogens is 506 g/mol. The SMILES string of the molecule is CCOc1cc(/C=C2\SC(=O)N(CCOc3ccccc3OC)C2=O)ccc1OCCOc1ccccc1. The quantitative estimate of drug-likeness (QED) is 0.205. The lowest BCUT2D eigenvalue weighted by Crippen LogP contribution is -2.32. The average Bonchev–Trinajstić information content (AvgIpc) is 3.20. The van der Waals surface area contributed by atoms with Crippen molar-refractivity contribution in [3.8, 4) is 28.7 Å². The van der Waals surface area contributed by atoms with Gasteiger partial charge in [0, 0.05) is 0 Å². The number of carbonyl (C=O) groups excluding carboxylic acids is 2. The number of para-hydroxylation sites is 3. The number of benzene rings is 3. The van der Waals surface area contributed by atoms with Crippen LogP contribution in [0.5, 0.6) is 28.7 Å². The lowest BCUT2D eigenvalue weighted by atomic mass is 10.2. The number of nitrogens with zero attached hydrogens (tertiary/aromatic N) is 1. The van der Waals surface area contributed by atoms with Crippen molar-refractivity contribution in [2.24, 2.45) is 0 Å². The fraction of sp³-hybridized carbons (Fsp3) is 0.241. The number of ether oxygens (including phenoxy) is 5. The summed E-state index contributed by atoms with van der Waals surface area (Å²) in [7, 11) is 1.56. The molecule has 0 bridgehead atoms. The molecule has 3 aromatic rings. The first kappa shape index (κ1) is 26.9. The summed E-state index contributed by atoms with van der Waals surface area (Å²) in [5, 5.41) is -0.340. The van der Waals surface area contributed by atoms with Crippen LogP contribution < -0.4 is 23.7 Å². The maximum Gasteiger partial charge on any atom is 0.293 e. The highest BCUT2D eigenvalue weighted by Gasteiger charge is 2.34. The first-order valence-corrected chi connectivity index (χ1v) is 13.0. The molecule has 0 aromatic heterocycles. The predicted molar refractivity (Wildman–Crippen MR) is 146 cm³/mol. The number of thioether (sulfide) groups is 1. The molecule has 1 aliphatic rings. The second kappa shape index (κ2) is 13.4. The predicted octanol–water partition coefficient (Wildman–Crippen LogP) is 5.67. The number of methoxy groups -OCH3 is 1. The smallest absolute Gasteiger partial charge is 0.293 e. The third-order valence-electron chi connectivity index (χ3n) is 5.43. The van der Waals surface area contributed by atoms with E-state index in [1.165, 1.54) is 4.90 Å². The molecule has 9 heteroatoms. The largest absolute Gasteiger partial charge is 0.493 e. The zero-order valence-corrected chi connectivity index (χ0v) is 22.1. The van der Waals surface area contributed by atoms with E-state index in [2.05, 4.69) is 0 Å². The van der Waals surface area contributed by atoms with E-state index >= 15 is 0 Å². The maximum absolute atomic E-state index is 12.9. The second-order valence-corrected chi connectivity index (χ2v) is 8.98. The van der Waals surface area contributed by atoms with Crippen LogP contribution in [0, 0.1) is 0 Å². The molecule has 8 nitrogen and oxygen atoms in total. The van der Waals surface area contributed by atoms with Gasteiger partial charge in [-0.1, -0.05) is 36.4 Å². The summed E-state index contributed by atoms with van der Waals surface area (Å²) in [5.74, 6) is 2.67.